The molecule has 0 saturated heterocycles. The highest BCUT2D eigenvalue weighted by Gasteiger charge is 2.08. The van der Waals surface area contributed by atoms with Gasteiger partial charge >= 0.3 is 0 Å². The van der Waals surface area contributed by atoms with Gasteiger partial charge in [-0.1, -0.05) is 49.9 Å². The van der Waals surface area contributed by atoms with Crippen molar-refractivity contribution in [2.24, 2.45) is 0 Å². The summed E-state index contributed by atoms with van der Waals surface area (Å²) in [5.41, 5.74) is 7.03. The number of hydrogen-bond acceptors (Lipinski definition) is 5. The Balaban J connectivity index is 0.00000106. The van der Waals surface area contributed by atoms with Gasteiger partial charge in [0.05, 0.1) is 0 Å². The number of aromatic nitrogens is 4. The van der Waals surface area contributed by atoms with E-state index < -0.39 is 0 Å². The van der Waals surface area contributed by atoms with Crippen LogP contribution >= 0.6 is 11.8 Å². The lowest BCUT2D eigenvalue weighted by atomic mass is 10.4. The Kier molecular flexibility index (Phi) is 7.25. The summed E-state index contributed by atoms with van der Waals surface area (Å²) in [4.78, 5) is 16.6. The van der Waals surface area contributed by atoms with Gasteiger partial charge in [0.25, 0.3) is 0 Å². The lowest BCUT2D eigenvalue weighted by molar-refractivity contribution is 1.08. The second-order valence-electron chi connectivity index (χ2n) is 3.70. The SMILES string of the molecule is CC.C\C=C/C=C(\C=C/C)Sc1nc2ncnc(N)c2[nH]1. The molecule has 3 N–H and O–H groups in total. The van der Waals surface area contributed by atoms with Crippen LogP contribution in [-0.2, 0) is 0 Å². The zero-order valence-electron chi connectivity index (χ0n) is 12.8. The third kappa shape index (κ3) is 4.75. The maximum atomic E-state index is 5.77. The monoisotopic (exact) mass is 303 g/mol. The predicted molar refractivity (Wildman–Crippen MR) is 91.0 cm³/mol. The van der Waals surface area contributed by atoms with Gasteiger partial charge in [-0.2, -0.15) is 0 Å². The highest BCUT2D eigenvalue weighted by atomic mass is 32.2. The molecule has 0 aromatic carbocycles. The molecular weight excluding hydrogens is 282 g/mol. The van der Waals surface area contributed by atoms with Crippen LogP contribution in [0.1, 0.15) is 27.7 Å². The van der Waals surface area contributed by atoms with Gasteiger partial charge in [-0.05, 0) is 19.9 Å². The number of hydrogen-bond donors (Lipinski definition) is 2. The molecule has 21 heavy (non-hydrogen) atoms. The third-order valence-electron chi connectivity index (χ3n) is 2.29. The minimum absolute atomic E-state index is 0.411. The van der Waals surface area contributed by atoms with Crippen molar-refractivity contribution >= 4 is 28.7 Å². The van der Waals surface area contributed by atoms with E-state index in [2.05, 4.69) is 19.9 Å². The van der Waals surface area contributed by atoms with Crippen molar-refractivity contribution in [2.45, 2.75) is 32.9 Å². The molecule has 0 spiro atoms. The normalized spacial score (nSPS) is 12.1. The molecule has 2 rings (SSSR count). The van der Waals surface area contributed by atoms with E-state index in [4.69, 9.17) is 5.73 Å². The van der Waals surface area contributed by atoms with E-state index in [1.165, 1.54) is 18.1 Å². The van der Waals surface area contributed by atoms with Crippen LogP contribution in [0, 0.1) is 0 Å². The second kappa shape index (κ2) is 8.97. The van der Waals surface area contributed by atoms with Crippen LogP contribution in [0.25, 0.3) is 11.2 Å². The number of allylic oxidation sites excluding steroid dienone is 5. The van der Waals surface area contributed by atoms with Crippen LogP contribution < -0.4 is 5.73 Å². The van der Waals surface area contributed by atoms with E-state index in [0.717, 1.165) is 10.1 Å². The lowest BCUT2D eigenvalue weighted by Crippen LogP contribution is -1.91. The van der Waals surface area contributed by atoms with Gasteiger partial charge in [0, 0.05) is 4.91 Å². The minimum atomic E-state index is 0.411. The van der Waals surface area contributed by atoms with Gasteiger partial charge in [-0.3, -0.25) is 0 Å². The summed E-state index contributed by atoms with van der Waals surface area (Å²) < 4.78 is 0. The zero-order valence-corrected chi connectivity index (χ0v) is 13.6. The van der Waals surface area contributed by atoms with Crippen molar-refractivity contribution < 1.29 is 0 Å². The molecule has 6 heteroatoms. The third-order valence-corrected chi connectivity index (χ3v) is 3.19. The van der Waals surface area contributed by atoms with Gasteiger partial charge in [0.1, 0.15) is 11.8 Å². The maximum Gasteiger partial charge on any atom is 0.183 e. The number of nitrogens with two attached hydrogens (primary N) is 1. The fraction of sp³-hybridized carbons (Fsp3) is 0.267. The van der Waals surface area contributed by atoms with Gasteiger partial charge < -0.3 is 10.7 Å². The first-order valence-corrected chi connectivity index (χ1v) is 7.66. The Bertz CT molecular complexity index is 655. The Morgan fingerprint density at radius 1 is 1.24 bits per heavy atom. The molecule has 0 radical (unpaired) electrons. The molecule has 0 aliphatic heterocycles. The summed E-state index contributed by atoms with van der Waals surface area (Å²) in [5, 5.41) is 0.746. The van der Waals surface area contributed by atoms with Crippen LogP contribution in [0.3, 0.4) is 0 Å². The molecule has 5 nitrogen and oxygen atoms in total. The Hall–Kier alpha value is -2.08. The number of H-pyrrole nitrogens is 1. The van der Waals surface area contributed by atoms with E-state index in [-0.39, 0.29) is 0 Å². The smallest absolute Gasteiger partial charge is 0.183 e. The van der Waals surface area contributed by atoms with E-state index in [1.807, 2.05) is 58.1 Å². The largest absolute Gasteiger partial charge is 0.382 e. The van der Waals surface area contributed by atoms with Gasteiger partial charge in [-0.25, -0.2) is 15.0 Å². The van der Waals surface area contributed by atoms with Crippen molar-refractivity contribution in [3.8, 4) is 0 Å². The molecule has 0 amide bonds. The quantitative estimate of drug-likeness (QED) is 0.657. The predicted octanol–water partition coefficient (Wildman–Crippen LogP) is 4.09. The molecule has 0 saturated carbocycles. The van der Waals surface area contributed by atoms with Crippen LogP contribution in [0.2, 0.25) is 0 Å². The van der Waals surface area contributed by atoms with E-state index >= 15 is 0 Å². The van der Waals surface area contributed by atoms with Crippen molar-refractivity contribution in [1.29, 1.82) is 0 Å². The highest BCUT2D eigenvalue weighted by molar-refractivity contribution is 8.03. The van der Waals surface area contributed by atoms with E-state index in [1.54, 1.807) is 0 Å². The molecule has 0 unspecified atom stereocenters. The number of nitrogens with one attached hydrogen (secondary N) is 1. The van der Waals surface area contributed by atoms with Crippen molar-refractivity contribution in [3.63, 3.8) is 0 Å². The van der Waals surface area contributed by atoms with Crippen molar-refractivity contribution in [2.75, 3.05) is 5.73 Å². The number of thioether (sulfide) groups is 1. The minimum Gasteiger partial charge on any atom is -0.382 e. The second-order valence-corrected chi connectivity index (χ2v) is 4.76. The first-order valence-electron chi connectivity index (χ1n) is 6.84. The molecule has 0 fully saturated rings. The average molecular weight is 303 g/mol. The van der Waals surface area contributed by atoms with Gasteiger partial charge in [0.15, 0.2) is 16.6 Å². The van der Waals surface area contributed by atoms with E-state index in [0.29, 0.717) is 17.0 Å². The first-order chi connectivity index (χ1) is 10.2. The van der Waals surface area contributed by atoms with Crippen LogP contribution in [-0.4, -0.2) is 19.9 Å². The van der Waals surface area contributed by atoms with Crippen LogP contribution in [0.5, 0.6) is 0 Å². The lowest BCUT2D eigenvalue weighted by Gasteiger charge is -1.96. The molecule has 0 aliphatic carbocycles. The fourth-order valence-corrected chi connectivity index (χ4v) is 2.32. The fourth-order valence-electron chi connectivity index (χ4n) is 1.46. The molecule has 2 heterocycles. The van der Waals surface area contributed by atoms with Crippen molar-refractivity contribution in [3.05, 3.63) is 41.6 Å². The highest BCUT2D eigenvalue weighted by Crippen LogP contribution is 2.27. The average Bonchev–Trinajstić information content (AvgIpc) is 2.91. The first kappa shape index (κ1) is 17.0. The summed E-state index contributed by atoms with van der Waals surface area (Å²) in [5.74, 6) is 0.411. The zero-order chi connectivity index (χ0) is 15.7. The standard InChI is InChI=1S/C13H15N5S.C2H6/c1-3-5-7-9(6-4-2)19-13-17-10-11(14)15-8-16-12(10)18-13;1-2/h3-8H,1-2H3,(H3,14,15,16,17,18);1-2H3/b5-3-,6-4-,9-7+;. The number of aromatic amines is 1. The number of nitrogens with zero attached hydrogens (tertiary/aromatic N) is 3. The summed E-state index contributed by atoms with van der Waals surface area (Å²) in [6.45, 7) is 7.96. The summed E-state index contributed by atoms with van der Waals surface area (Å²) in [6.07, 6.45) is 11.4. The molecule has 2 aromatic heterocycles. The number of anilines is 1. The van der Waals surface area contributed by atoms with Crippen LogP contribution in [0.4, 0.5) is 5.82 Å². The summed E-state index contributed by atoms with van der Waals surface area (Å²) in [7, 11) is 0. The Labute approximate surface area is 129 Å². The topological polar surface area (TPSA) is 80.5 Å². The molecule has 0 atom stereocenters. The number of rotatable bonds is 4. The number of fused-ring (bicyclic) bond motifs is 1. The molecular formula is C15H21N5S. The number of imidazole rings is 1. The molecule has 0 bridgehead atoms. The van der Waals surface area contributed by atoms with Crippen molar-refractivity contribution in [1.82, 2.24) is 19.9 Å². The molecule has 2 aromatic rings. The van der Waals surface area contributed by atoms with Gasteiger partial charge in [-0.15, -0.1) is 0 Å². The Morgan fingerprint density at radius 2 is 2.00 bits per heavy atom. The summed E-state index contributed by atoms with van der Waals surface area (Å²) >= 11 is 1.52. The Morgan fingerprint density at radius 3 is 2.62 bits per heavy atom. The summed E-state index contributed by atoms with van der Waals surface area (Å²) in [6, 6.07) is 0. The molecule has 0 aliphatic rings. The molecule has 112 valence electrons. The maximum absolute atomic E-state index is 5.77. The van der Waals surface area contributed by atoms with Crippen LogP contribution in [0.15, 0.2) is 46.8 Å². The van der Waals surface area contributed by atoms with Gasteiger partial charge in [0.2, 0.25) is 0 Å². The number of nitrogen functional groups attached to an aromatic ring is 1. The van der Waals surface area contributed by atoms with E-state index in [9.17, 15) is 0 Å².